The summed E-state index contributed by atoms with van der Waals surface area (Å²) >= 11 is 0. The SMILES string of the molecule is Cc1nnc2n1-c1nn(Cc3ccc(-c4cccc(F)n4)cc3)c(Nc3ccccc3)c1C1OC1N2C. The summed E-state index contributed by atoms with van der Waals surface area (Å²) in [5.74, 6) is 2.58. The summed E-state index contributed by atoms with van der Waals surface area (Å²) in [6, 6.07) is 22.8. The van der Waals surface area contributed by atoms with E-state index in [0.717, 1.165) is 39.8 Å². The van der Waals surface area contributed by atoms with E-state index in [1.165, 1.54) is 6.07 Å². The maximum atomic E-state index is 13.6. The maximum Gasteiger partial charge on any atom is 0.235 e. The number of rotatable bonds is 5. The smallest absolute Gasteiger partial charge is 0.235 e. The number of epoxide rings is 1. The number of ether oxygens (including phenoxy) is 1. The van der Waals surface area contributed by atoms with Crippen LogP contribution in [0.4, 0.5) is 21.8 Å². The average Bonchev–Trinajstić information content (AvgIpc) is 3.52. The molecular formula is C27H23FN8O. The van der Waals surface area contributed by atoms with Gasteiger partial charge in [0.25, 0.3) is 0 Å². The van der Waals surface area contributed by atoms with Crippen molar-refractivity contribution < 1.29 is 9.13 Å². The number of pyridine rings is 1. The van der Waals surface area contributed by atoms with E-state index >= 15 is 0 Å². The second-order valence-corrected chi connectivity index (χ2v) is 9.22. The van der Waals surface area contributed by atoms with Gasteiger partial charge in [0.05, 0.1) is 17.8 Å². The Bertz CT molecular complexity index is 1610. The Morgan fingerprint density at radius 1 is 0.973 bits per heavy atom. The molecule has 10 heteroatoms. The van der Waals surface area contributed by atoms with Crippen LogP contribution in [0.1, 0.15) is 23.1 Å². The topological polar surface area (TPSA) is 89.2 Å². The van der Waals surface area contributed by atoms with Gasteiger partial charge in [0.2, 0.25) is 11.9 Å². The molecule has 2 aliphatic rings. The maximum absolute atomic E-state index is 13.6. The number of nitrogens with zero attached hydrogens (tertiary/aromatic N) is 7. The van der Waals surface area contributed by atoms with Crippen molar-refractivity contribution in [2.24, 2.45) is 0 Å². The van der Waals surface area contributed by atoms with Crippen LogP contribution in [0.5, 0.6) is 0 Å². The summed E-state index contributed by atoms with van der Waals surface area (Å²) < 4.78 is 23.6. The molecule has 0 aliphatic carbocycles. The van der Waals surface area contributed by atoms with Gasteiger partial charge in [-0.3, -0.25) is 0 Å². The van der Waals surface area contributed by atoms with Crippen LogP contribution in [0.3, 0.4) is 0 Å². The van der Waals surface area contributed by atoms with Crippen LogP contribution >= 0.6 is 0 Å². The van der Waals surface area contributed by atoms with Crippen molar-refractivity contribution in [2.45, 2.75) is 25.8 Å². The fraction of sp³-hybridized carbons (Fsp3) is 0.185. The number of para-hydroxylation sites is 1. The molecule has 2 unspecified atom stereocenters. The summed E-state index contributed by atoms with van der Waals surface area (Å²) in [4.78, 5) is 5.99. The van der Waals surface area contributed by atoms with Crippen molar-refractivity contribution in [1.29, 1.82) is 0 Å². The molecule has 0 radical (unpaired) electrons. The van der Waals surface area contributed by atoms with Crippen LogP contribution in [0.25, 0.3) is 17.1 Å². The third-order valence-electron chi connectivity index (χ3n) is 6.77. The van der Waals surface area contributed by atoms with E-state index in [2.05, 4.69) is 20.5 Å². The molecule has 1 N–H and O–H groups in total. The van der Waals surface area contributed by atoms with Gasteiger partial charge in [0.1, 0.15) is 17.7 Å². The summed E-state index contributed by atoms with van der Waals surface area (Å²) in [6.45, 7) is 2.44. The predicted molar refractivity (Wildman–Crippen MR) is 136 cm³/mol. The number of nitrogens with one attached hydrogen (secondary N) is 1. The molecular weight excluding hydrogens is 471 g/mol. The van der Waals surface area contributed by atoms with Gasteiger partial charge in [-0.05, 0) is 36.8 Å². The van der Waals surface area contributed by atoms with Crippen LogP contribution in [0, 0.1) is 12.9 Å². The fourth-order valence-electron chi connectivity index (χ4n) is 4.87. The lowest BCUT2D eigenvalue weighted by atomic mass is 10.1. The summed E-state index contributed by atoms with van der Waals surface area (Å²) in [5.41, 5.74) is 4.42. The van der Waals surface area contributed by atoms with Gasteiger partial charge in [-0.25, -0.2) is 14.2 Å². The Kier molecular flexibility index (Phi) is 4.83. The van der Waals surface area contributed by atoms with E-state index in [0.29, 0.717) is 18.2 Å². The lowest BCUT2D eigenvalue weighted by Gasteiger charge is -2.14. The molecule has 2 aromatic carbocycles. The summed E-state index contributed by atoms with van der Waals surface area (Å²) in [6.07, 6.45) is -0.266. The quantitative estimate of drug-likeness (QED) is 0.282. The number of hydrogen-bond acceptors (Lipinski definition) is 7. The first-order chi connectivity index (χ1) is 18.1. The molecule has 5 aromatic rings. The van der Waals surface area contributed by atoms with Gasteiger partial charge >= 0.3 is 0 Å². The minimum Gasteiger partial charge on any atom is -0.342 e. The molecule has 0 amide bonds. The molecule has 0 bridgehead atoms. The molecule has 0 spiro atoms. The largest absolute Gasteiger partial charge is 0.342 e. The Morgan fingerprint density at radius 3 is 2.57 bits per heavy atom. The van der Waals surface area contributed by atoms with Crippen molar-refractivity contribution in [3.05, 3.63) is 95.7 Å². The molecule has 2 atom stereocenters. The molecule has 1 fully saturated rings. The van der Waals surface area contributed by atoms with Gasteiger partial charge < -0.3 is 15.0 Å². The van der Waals surface area contributed by atoms with Gasteiger partial charge in [-0.1, -0.05) is 48.5 Å². The highest BCUT2D eigenvalue weighted by Gasteiger charge is 2.52. The molecule has 5 heterocycles. The molecule has 7 rings (SSSR count). The first kappa shape index (κ1) is 21.7. The van der Waals surface area contributed by atoms with E-state index in [-0.39, 0.29) is 12.3 Å². The lowest BCUT2D eigenvalue weighted by molar-refractivity contribution is 0.368. The average molecular weight is 495 g/mol. The Labute approximate surface area is 212 Å². The monoisotopic (exact) mass is 494 g/mol. The summed E-state index contributed by atoms with van der Waals surface area (Å²) in [7, 11) is 1.96. The van der Waals surface area contributed by atoms with E-state index < -0.39 is 5.95 Å². The van der Waals surface area contributed by atoms with E-state index in [1.807, 2.05) is 82.7 Å². The second kappa shape index (κ2) is 8.24. The fourth-order valence-corrected chi connectivity index (χ4v) is 4.87. The van der Waals surface area contributed by atoms with Crippen molar-refractivity contribution in [3.8, 4) is 17.1 Å². The Balaban J connectivity index is 1.31. The minimum atomic E-state index is -0.494. The molecule has 1 saturated heterocycles. The van der Waals surface area contributed by atoms with Gasteiger partial charge in [0.15, 0.2) is 12.0 Å². The minimum absolute atomic E-state index is 0.129. The second-order valence-electron chi connectivity index (χ2n) is 9.22. The van der Waals surface area contributed by atoms with Crippen molar-refractivity contribution in [1.82, 2.24) is 29.5 Å². The number of benzene rings is 2. The Morgan fingerprint density at radius 2 is 1.78 bits per heavy atom. The van der Waals surface area contributed by atoms with Gasteiger partial charge in [-0.15, -0.1) is 10.2 Å². The number of halogens is 1. The molecule has 184 valence electrons. The van der Waals surface area contributed by atoms with Crippen LogP contribution in [0.15, 0.2) is 72.8 Å². The highest BCUT2D eigenvalue weighted by molar-refractivity contribution is 5.68. The molecule has 37 heavy (non-hydrogen) atoms. The number of likely N-dealkylation sites (N-methyl/N-ethyl adjacent to an activating group) is 1. The van der Waals surface area contributed by atoms with E-state index in [1.54, 1.807) is 12.1 Å². The Hall–Kier alpha value is -4.57. The number of fused-ring (bicyclic) bond motifs is 5. The van der Waals surface area contributed by atoms with E-state index in [9.17, 15) is 4.39 Å². The zero-order valence-corrected chi connectivity index (χ0v) is 20.2. The van der Waals surface area contributed by atoms with Crippen LogP contribution < -0.4 is 10.2 Å². The number of hydrogen-bond donors (Lipinski definition) is 1. The van der Waals surface area contributed by atoms with Crippen molar-refractivity contribution >= 4 is 17.5 Å². The normalized spacial score (nSPS) is 17.5. The molecule has 9 nitrogen and oxygen atoms in total. The van der Waals surface area contributed by atoms with Gasteiger partial charge in [0, 0.05) is 18.3 Å². The third kappa shape index (κ3) is 3.64. The first-order valence-electron chi connectivity index (χ1n) is 12.0. The van der Waals surface area contributed by atoms with Crippen molar-refractivity contribution in [2.75, 3.05) is 17.3 Å². The van der Waals surface area contributed by atoms with Crippen LogP contribution in [0.2, 0.25) is 0 Å². The first-order valence-corrected chi connectivity index (χ1v) is 12.0. The molecule has 3 aromatic heterocycles. The van der Waals surface area contributed by atoms with Gasteiger partial charge in [-0.2, -0.15) is 9.49 Å². The zero-order chi connectivity index (χ0) is 25.1. The number of aryl methyl sites for hydroxylation is 1. The van der Waals surface area contributed by atoms with Crippen LogP contribution in [-0.4, -0.2) is 42.8 Å². The van der Waals surface area contributed by atoms with Crippen molar-refractivity contribution in [3.63, 3.8) is 0 Å². The number of aromatic nitrogens is 6. The standard InChI is InChI=1S/C27H23FN8O/c1-16-31-32-27-34(2)26-23(37-26)22-24(29-19-7-4-3-5-8-19)35(33-25(22)36(16)27)15-17-11-13-18(14-12-17)20-9-6-10-21(28)30-20/h3-14,23,26,29H,15H2,1-2H3. The highest BCUT2D eigenvalue weighted by atomic mass is 19.1. The van der Waals surface area contributed by atoms with E-state index in [4.69, 9.17) is 9.84 Å². The predicted octanol–water partition coefficient (Wildman–Crippen LogP) is 4.61. The molecule has 2 aliphatic heterocycles. The van der Waals surface area contributed by atoms with Crippen LogP contribution in [-0.2, 0) is 11.3 Å². The molecule has 0 saturated carbocycles. The summed E-state index contributed by atoms with van der Waals surface area (Å²) in [5, 5.41) is 17.3. The highest BCUT2D eigenvalue weighted by Crippen LogP contribution is 2.50. The lowest BCUT2D eigenvalue weighted by Crippen LogP contribution is -2.23. The number of anilines is 3. The third-order valence-corrected chi connectivity index (χ3v) is 6.77. The zero-order valence-electron chi connectivity index (χ0n) is 20.2.